The van der Waals surface area contributed by atoms with E-state index in [1.807, 2.05) is 6.07 Å². The lowest BCUT2D eigenvalue weighted by Gasteiger charge is -2.38. The number of aryl methyl sites for hydroxylation is 1. The Labute approximate surface area is 149 Å². The van der Waals surface area contributed by atoms with E-state index < -0.39 is 11.0 Å². The first-order chi connectivity index (χ1) is 11.8. The normalized spacial score (nSPS) is 22.8. The maximum Gasteiger partial charge on any atom is 0.214 e. The molecule has 2 atom stereocenters. The highest BCUT2D eigenvalue weighted by atomic mass is 32.2. The molecule has 128 valence electrons. The minimum Gasteiger partial charge on any atom is -0.296 e. The van der Waals surface area contributed by atoms with Gasteiger partial charge in [-0.05, 0) is 68.5 Å². The van der Waals surface area contributed by atoms with Gasteiger partial charge in [-0.25, -0.2) is 9.19 Å². The van der Waals surface area contributed by atoms with Crippen LogP contribution in [0.2, 0.25) is 0 Å². The van der Waals surface area contributed by atoms with E-state index in [2.05, 4.69) is 31.1 Å². The number of aromatic nitrogens is 2. The first-order valence-electron chi connectivity index (χ1n) is 8.63. The highest BCUT2D eigenvalue weighted by molar-refractivity contribution is 7.86. The molecule has 1 aliphatic heterocycles. The van der Waals surface area contributed by atoms with Gasteiger partial charge in [0.1, 0.15) is 6.33 Å². The van der Waals surface area contributed by atoms with Gasteiger partial charge in [0.2, 0.25) is 5.13 Å². The molecule has 0 spiro atoms. The van der Waals surface area contributed by atoms with Gasteiger partial charge in [0.15, 0.2) is 11.0 Å². The first-order valence-corrected chi connectivity index (χ1v) is 10.6. The van der Waals surface area contributed by atoms with Crippen molar-refractivity contribution in [3.05, 3.63) is 35.7 Å². The summed E-state index contributed by atoms with van der Waals surface area (Å²) in [7, 11) is -1.28. The third kappa shape index (κ3) is 3.38. The van der Waals surface area contributed by atoms with Crippen molar-refractivity contribution < 1.29 is 4.21 Å². The Kier molecular flexibility index (Phi) is 4.91. The standard InChI is InChI=1S/C17H22N4OS2/c22-24(20-17-18-12-19-23-17)14-7-8-15-13(11-14)5-4-6-16(15)21-9-2-1-3-10-21/h7-8,11-12,16H,1-6,9-10H2,(H,18,19,20). The number of nitrogens with one attached hydrogen (secondary N) is 1. The molecule has 5 nitrogen and oxygen atoms in total. The van der Waals surface area contributed by atoms with Crippen molar-refractivity contribution in [2.45, 2.75) is 49.5 Å². The second-order valence-corrected chi connectivity index (χ2v) is 8.48. The molecule has 0 bridgehead atoms. The molecule has 2 heterocycles. The third-order valence-corrected chi connectivity index (χ3v) is 6.75. The van der Waals surface area contributed by atoms with Crippen LogP contribution in [0.1, 0.15) is 49.3 Å². The topological polar surface area (TPSA) is 58.1 Å². The van der Waals surface area contributed by atoms with E-state index in [0.717, 1.165) is 11.3 Å². The molecule has 2 unspecified atom stereocenters. The summed E-state index contributed by atoms with van der Waals surface area (Å²) in [4.78, 5) is 7.51. The Bertz CT molecular complexity index is 713. The van der Waals surface area contributed by atoms with E-state index >= 15 is 0 Å². The predicted molar refractivity (Wildman–Crippen MR) is 97.5 cm³/mol. The van der Waals surface area contributed by atoms with Crippen LogP contribution in [-0.2, 0) is 17.4 Å². The molecule has 0 amide bonds. The highest BCUT2D eigenvalue weighted by Gasteiger charge is 2.27. The summed E-state index contributed by atoms with van der Waals surface area (Å²) in [6.07, 6.45) is 9.03. The molecule has 2 aliphatic rings. The molecular weight excluding hydrogens is 340 g/mol. The van der Waals surface area contributed by atoms with Gasteiger partial charge in [0, 0.05) is 17.6 Å². The maximum absolute atomic E-state index is 12.5. The second kappa shape index (κ2) is 7.29. The monoisotopic (exact) mass is 362 g/mol. The smallest absolute Gasteiger partial charge is 0.214 e. The van der Waals surface area contributed by atoms with Crippen LogP contribution in [0.5, 0.6) is 0 Å². The van der Waals surface area contributed by atoms with Crippen molar-refractivity contribution in [3.8, 4) is 0 Å². The van der Waals surface area contributed by atoms with Crippen LogP contribution >= 0.6 is 11.5 Å². The molecule has 1 fully saturated rings. The van der Waals surface area contributed by atoms with Crippen LogP contribution in [0.4, 0.5) is 5.13 Å². The van der Waals surface area contributed by atoms with Gasteiger partial charge in [-0.1, -0.05) is 12.5 Å². The molecule has 1 aliphatic carbocycles. The average molecular weight is 363 g/mol. The fourth-order valence-corrected chi connectivity index (χ4v) is 5.28. The van der Waals surface area contributed by atoms with E-state index in [0.29, 0.717) is 11.2 Å². The molecule has 0 radical (unpaired) electrons. The Balaban J connectivity index is 1.55. The molecule has 1 N–H and O–H groups in total. The number of anilines is 1. The number of piperidine rings is 1. The van der Waals surface area contributed by atoms with Gasteiger partial charge < -0.3 is 0 Å². The molecule has 2 aromatic rings. The van der Waals surface area contributed by atoms with Crippen LogP contribution in [-0.4, -0.2) is 31.6 Å². The van der Waals surface area contributed by atoms with E-state index in [4.69, 9.17) is 0 Å². The Morgan fingerprint density at radius 2 is 2.08 bits per heavy atom. The van der Waals surface area contributed by atoms with Crippen molar-refractivity contribution in [2.24, 2.45) is 0 Å². The van der Waals surface area contributed by atoms with Gasteiger partial charge in [0.05, 0.1) is 4.90 Å². The zero-order valence-corrected chi connectivity index (χ0v) is 15.2. The quantitative estimate of drug-likeness (QED) is 0.904. The summed E-state index contributed by atoms with van der Waals surface area (Å²) in [5, 5.41) is 0.595. The molecule has 1 aromatic heterocycles. The molecule has 24 heavy (non-hydrogen) atoms. The number of likely N-dealkylation sites (tertiary alicyclic amines) is 1. The number of benzene rings is 1. The van der Waals surface area contributed by atoms with Crippen molar-refractivity contribution in [2.75, 3.05) is 17.8 Å². The number of nitrogens with zero attached hydrogens (tertiary/aromatic N) is 3. The van der Waals surface area contributed by atoms with E-state index in [1.54, 1.807) is 0 Å². The van der Waals surface area contributed by atoms with Crippen molar-refractivity contribution >= 4 is 27.6 Å². The SMILES string of the molecule is O=S(Nc1ncns1)c1ccc2c(c1)CCCC2N1CCCCC1. The van der Waals surface area contributed by atoms with Crippen LogP contribution in [0, 0.1) is 0 Å². The van der Waals surface area contributed by atoms with E-state index in [1.165, 1.54) is 74.2 Å². The Hall–Kier alpha value is -1.31. The number of fused-ring (bicyclic) bond motifs is 1. The Morgan fingerprint density at radius 3 is 2.88 bits per heavy atom. The number of rotatable bonds is 4. The van der Waals surface area contributed by atoms with Crippen LogP contribution in [0.15, 0.2) is 29.4 Å². The van der Waals surface area contributed by atoms with E-state index in [9.17, 15) is 4.21 Å². The highest BCUT2D eigenvalue weighted by Crippen LogP contribution is 2.36. The maximum atomic E-state index is 12.5. The second-order valence-electron chi connectivity index (χ2n) is 6.48. The molecule has 7 heteroatoms. The molecule has 1 aromatic carbocycles. The molecule has 0 saturated carbocycles. The largest absolute Gasteiger partial charge is 0.296 e. The lowest BCUT2D eigenvalue weighted by molar-refractivity contribution is 0.148. The summed E-state index contributed by atoms with van der Waals surface area (Å²) in [6, 6.07) is 6.87. The van der Waals surface area contributed by atoms with Gasteiger partial charge in [-0.3, -0.25) is 9.62 Å². The van der Waals surface area contributed by atoms with Gasteiger partial charge in [-0.15, -0.1) is 0 Å². The summed E-state index contributed by atoms with van der Waals surface area (Å²) in [5.74, 6) is 0. The van der Waals surface area contributed by atoms with Gasteiger partial charge in [-0.2, -0.15) is 4.37 Å². The summed E-state index contributed by atoms with van der Waals surface area (Å²) in [6.45, 7) is 2.44. The van der Waals surface area contributed by atoms with Crippen LogP contribution < -0.4 is 4.72 Å². The average Bonchev–Trinajstić information content (AvgIpc) is 3.14. The zero-order chi connectivity index (χ0) is 16.4. The summed E-state index contributed by atoms with van der Waals surface area (Å²) in [5.41, 5.74) is 2.81. The van der Waals surface area contributed by atoms with Gasteiger partial charge >= 0.3 is 0 Å². The fraction of sp³-hybridized carbons (Fsp3) is 0.529. The van der Waals surface area contributed by atoms with Crippen molar-refractivity contribution in [1.29, 1.82) is 0 Å². The van der Waals surface area contributed by atoms with Crippen LogP contribution in [0.25, 0.3) is 0 Å². The number of hydrogen-bond donors (Lipinski definition) is 1. The molecule has 4 rings (SSSR count). The minimum absolute atomic E-state index is 0.549. The molecule has 1 saturated heterocycles. The van der Waals surface area contributed by atoms with Crippen LogP contribution in [0.3, 0.4) is 0 Å². The number of hydrogen-bond acceptors (Lipinski definition) is 5. The predicted octanol–water partition coefficient (Wildman–Crippen LogP) is 3.54. The van der Waals surface area contributed by atoms with Crippen molar-refractivity contribution in [3.63, 3.8) is 0 Å². The fourth-order valence-electron chi connectivity index (χ4n) is 3.85. The van der Waals surface area contributed by atoms with Crippen molar-refractivity contribution in [1.82, 2.24) is 14.3 Å². The lowest BCUT2D eigenvalue weighted by Crippen LogP contribution is -2.35. The van der Waals surface area contributed by atoms with E-state index in [-0.39, 0.29) is 0 Å². The van der Waals surface area contributed by atoms with Gasteiger partial charge in [0.25, 0.3) is 0 Å². The first kappa shape index (κ1) is 16.2. The third-order valence-electron chi connectivity index (χ3n) is 4.98. The summed E-state index contributed by atoms with van der Waals surface area (Å²) < 4.78 is 19.4. The lowest BCUT2D eigenvalue weighted by atomic mass is 9.86. The zero-order valence-electron chi connectivity index (χ0n) is 13.6. The Morgan fingerprint density at radius 1 is 1.21 bits per heavy atom. The molecular formula is C17H22N4OS2. The summed E-state index contributed by atoms with van der Waals surface area (Å²) >= 11 is 1.22. The minimum atomic E-state index is -1.28.